The SMILES string of the molecule is Cn1c(=O)c2c(nc(SCc3ccc(Br)c(Cl)c3)n2C)n(C)c1=O. The molecule has 0 amide bonds. The third kappa shape index (κ3) is 2.82. The topological polar surface area (TPSA) is 61.8 Å². The average molecular weight is 430 g/mol. The molecule has 126 valence electrons. The van der Waals surface area contributed by atoms with Gasteiger partial charge in [0.15, 0.2) is 16.3 Å². The Hall–Kier alpha value is -1.51. The number of aromatic nitrogens is 4. The smallest absolute Gasteiger partial charge is 0.316 e. The molecular formula is C15H14BrClN4O2S. The van der Waals surface area contributed by atoms with Crippen molar-refractivity contribution in [2.75, 3.05) is 0 Å². The quantitative estimate of drug-likeness (QED) is 0.601. The first kappa shape index (κ1) is 17.3. The number of benzene rings is 1. The van der Waals surface area contributed by atoms with Gasteiger partial charge in [0.2, 0.25) is 0 Å². The van der Waals surface area contributed by atoms with Crippen LogP contribution in [0.3, 0.4) is 0 Å². The summed E-state index contributed by atoms with van der Waals surface area (Å²) in [6.45, 7) is 0. The van der Waals surface area contributed by atoms with Gasteiger partial charge in [-0.2, -0.15) is 0 Å². The molecule has 3 aromatic rings. The first-order chi connectivity index (χ1) is 11.3. The molecule has 2 heterocycles. The molecule has 2 aromatic heterocycles. The van der Waals surface area contributed by atoms with Crippen LogP contribution in [0, 0.1) is 0 Å². The van der Waals surface area contributed by atoms with Crippen LogP contribution in [0.15, 0.2) is 37.4 Å². The van der Waals surface area contributed by atoms with Crippen LogP contribution in [-0.2, 0) is 26.9 Å². The van der Waals surface area contributed by atoms with Gasteiger partial charge in [-0.05, 0) is 33.6 Å². The van der Waals surface area contributed by atoms with Crippen LogP contribution >= 0.6 is 39.3 Å². The Morgan fingerprint density at radius 2 is 1.88 bits per heavy atom. The van der Waals surface area contributed by atoms with Crippen molar-refractivity contribution < 1.29 is 0 Å². The molecule has 0 radical (unpaired) electrons. The van der Waals surface area contributed by atoms with Crippen molar-refractivity contribution in [3.63, 3.8) is 0 Å². The van der Waals surface area contributed by atoms with Crippen molar-refractivity contribution >= 4 is 50.5 Å². The summed E-state index contributed by atoms with van der Waals surface area (Å²) in [6, 6.07) is 5.75. The van der Waals surface area contributed by atoms with Gasteiger partial charge in [-0.15, -0.1) is 0 Å². The Bertz CT molecular complexity index is 1070. The summed E-state index contributed by atoms with van der Waals surface area (Å²) < 4.78 is 5.05. The van der Waals surface area contributed by atoms with Gasteiger partial charge in [0.1, 0.15) is 0 Å². The summed E-state index contributed by atoms with van der Waals surface area (Å²) in [5, 5.41) is 1.32. The second-order valence-corrected chi connectivity index (χ2v) is 7.57. The zero-order chi connectivity index (χ0) is 17.6. The maximum atomic E-state index is 12.3. The van der Waals surface area contributed by atoms with Gasteiger partial charge < -0.3 is 4.57 Å². The number of thioether (sulfide) groups is 1. The molecule has 24 heavy (non-hydrogen) atoms. The molecule has 0 aliphatic heterocycles. The molecule has 1 aromatic carbocycles. The predicted octanol–water partition coefficient (Wildman–Crippen LogP) is 2.68. The van der Waals surface area contributed by atoms with Gasteiger partial charge >= 0.3 is 5.69 Å². The number of fused-ring (bicyclic) bond motifs is 1. The van der Waals surface area contributed by atoms with Crippen LogP contribution in [0.5, 0.6) is 0 Å². The van der Waals surface area contributed by atoms with E-state index in [0.29, 0.717) is 27.1 Å². The second-order valence-electron chi connectivity index (χ2n) is 5.37. The summed E-state index contributed by atoms with van der Waals surface area (Å²) in [5.74, 6) is 0.651. The Morgan fingerprint density at radius 3 is 2.54 bits per heavy atom. The highest BCUT2D eigenvalue weighted by atomic mass is 79.9. The molecule has 0 atom stereocenters. The van der Waals surface area contributed by atoms with Crippen molar-refractivity contribution in [2.45, 2.75) is 10.9 Å². The fourth-order valence-electron chi connectivity index (χ4n) is 2.40. The van der Waals surface area contributed by atoms with Crippen LogP contribution < -0.4 is 11.2 Å². The van der Waals surface area contributed by atoms with E-state index in [1.165, 1.54) is 23.4 Å². The lowest BCUT2D eigenvalue weighted by Gasteiger charge is -2.04. The van der Waals surface area contributed by atoms with Crippen LogP contribution in [0.25, 0.3) is 11.2 Å². The first-order valence-electron chi connectivity index (χ1n) is 7.00. The van der Waals surface area contributed by atoms with E-state index < -0.39 is 0 Å². The van der Waals surface area contributed by atoms with E-state index in [4.69, 9.17) is 11.6 Å². The number of aryl methyl sites for hydroxylation is 2. The fourth-order valence-corrected chi connectivity index (χ4v) is 3.77. The maximum Gasteiger partial charge on any atom is 0.332 e. The lowest BCUT2D eigenvalue weighted by molar-refractivity contribution is 0.705. The molecule has 0 saturated carbocycles. The van der Waals surface area contributed by atoms with Crippen molar-refractivity contribution in [3.05, 3.63) is 54.1 Å². The van der Waals surface area contributed by atoms with Crippen molar-refractivity contribution in [2.24, 2.45) is 21.1 Å². The molecule has 0 saturated heterocycles. The molecule has 0 N–H and O–H groups in total. The monoisotopic (exact) mass is 428 g/mol. The second kappa shape index (κ2) is 6.42. The standard InChI is InChI=1S/C15H14BrClN4O2S/c1-19-11-12(20(2)15(23)21(3)13(11)22)18-14(19)24-7-8-4-5-9(16)10(17)6-8/h4-6H,7H2,1-3H3. The zero-order valence-corrected chi connectivity index (χ0v) is 16.4. The molecular weight excluding hydrogens is 416 g/mol. The lowest BCUT2D eigenvalue weighted by atomic mass is 10.2. The molecule has 0 aliphatic carbocycles. The highest BCUT2D eigenvalue weighted by Gasteiger charge is 2.17. The molecule has 6 nitrogen and oxygen atoms in total. The van der Waals surface area contributed by atoms with Gasteiger partial charge in [-0.25, -0.2) is 9.78 Å². The summed E-state index contributed by atoms with van der Waals surface area (Å²) in [5.41, 5.74) is 1.11. The Balaban J connectivity index is 2.02. The third-order valence-electron chi connectivity index (χ3n) is 3.79. The lowest BCUT2D eigenvalue weighted by Crippen LogP contribution is -2.37. The largest absolute Gasteiger partial charge is 0.332 e. The van der Waals surface area contributed by atoms with Crippen LogP contribution in [0.4, 0.5) is 0 Å². The molecule has 0 fully saturated rings. The minimum absolute atomic E-state index is 0.346. The van der Waals surface area contributed by atoms with Crippen LogP contribution in [-0.4, -0.2) is 18.7 Å². The number of hydrogen-bond donors (Lipinski definition) is 0. The molecule has 0 aliphatic rings. The minimum atomic E-state index is -0.387. The summed E-state index contributed by atoms with van der Waals surface area (Å²) in [7, 11) is 4.85. The normalized spacial score (nSPS) is 11.4. The van der Waals surface area contributed by atoms with Gasteiger partial charge in [0, 0.05) is 31.4 Å². The molecule has 0 bridgehead atoms. The van der Waals surface area contributed by atoms with Crippen molar-refractivity contribution in [1.29, 1.82) is 0 Å². The van der Waals surface area contributed by atoms with Gasteiger partial charge in [0.25, 0.3) is 5.56 Å². The maximum absolute atomic E-state index is 12.3. The van der Waals surface area contributed by atoms with Crippen LogP contribution in [0.1, 0.15) is 5.56 Å². The van der Waals surface area contributed by atoms with E-state index in [1.54, 1.807) is 18.7 Å². The summed E-state index contributed by atoms with van der Waals surface area (Å²) in [6.07, 6.45) is 0. The molecule has 9 heteroatoms. The van der Waals surface area contributed by atoms with Gasteiger partial charge in [-0.1, -0.05) is 29.4 Å². The Labute approximate surface area is 155 Å². The number of halogens is 2. The molecule has 0 spiro atoms. The third-order valence-corrected chi connectivity index (χ3v) is 6.12. The van der Waals surface area contributed by atoms with Gasteiger partial charge in [0.05, 0.1) is 5.02 Å². The number of rotatable bonds is 3. The highest BCUT2D eigenvalue weighted by molar-refractivity contribution is 9.10. The fraction of sp³-hybridized carbons (Fsp3) is 0.267. The van der Waals surface area contributed by atoms with E-state index in [9.17, 15) is 9.59 Å². The van der Waals surface area contributed by atoms with Crippen molar-refractivity contribution in [3.8, 4) is 0 Å². The Kier molecular flexibility index (Phi) is 4.63. The van der Waals surface area contributed by atoms with Crippen molar-refractivity contribution in [1.82, 2.24) is 18.7 Å². The number of imidazole rings is 1. The highest BCUT2D eigenvalue weighted by Crippen LogP contribution is 2.28. The van der Waals surface area contributed by atoms with Crippen LogP contribution in [0.2, 0.25) is 5.02 Å². The first-order valence-corrected chi connectivity index (χ1v) is 9.16. The Morgan fingerprint density at radius 1 is 1.17 bits per heavy atom. The summed E-state index contributed by atoms with van der Waals surface area (Å²) >= 11 is 11.0. The van der Waals surface area contributed by atoms with E-state index in [0.717, 1.165) is 14.6 Å². The number of hydrogen-bond acceptors (Lipinski definition) is 4. The predicted molar refractivity (Wildman–Crippen MR) is 99.9 cm³/mol. The molecule has 3 rings (SSSR count). The average Bonchev–Trinajstić information content (AvgIpc) is 2.89. The van der Waals surface area contributed by atoms with E-state index >= 15 is 0 Å². The van der Waals surface area contributed by atoms with E-state index in [-0.39, 0.29) is 11.2 Å². The summed E-state index contributed by atoms with van der Waals surface area (Å²) in [4.78, 5) is 28.8. The molecule has 0 unspecified atom stereocenters. The van der Waals surface area contributed by atoms with E-state index in [2.05, 4.69) is 20.9 Å². The minimum Gasteiger partial charge on any atom is -0.316 e. The van der Waals surface area contributed by atoms with Gasteiger partial charge in [-0.3, -0.25) is 13.9 Å². The number of nitrogens with zero attached hydrogens (tertiary/aromatic N) is 4. The zero-order valence-electron chi connectivity index (χ0n) is 13.2. The van der Waals surface area contributed by atoms with E-state index in [1.807, 2.05) is 18.2 Å².